The molecule has 4 nitrogen and oxygen atoms in total. The van der Waals surface area contributed by atoms with Crippen molar-refractivity contribution in [3.8, 4) is 12.3 Å². The van der Waals surface area contributed by atoms with E-state index in [-0.39, 0.29) is 24.0 Å². The maximum atomic E-state index is 5.27. The molecule has 1 aromatic carbocycles. The van der Waals surface area contributed by atoms with Crippen molar-refractivity contribution in [2.45, 2.75) is 13.3 Å². The lowest BCUT2D eigenvalue weighted by atomic mass is 10.1. The molecule has 2 rings (SSSR count). The van der Waals surface area contributed by atoms with Crippen LogP contribution in [0.4, 0.5) is 5.69 Å². The average molecular weight is 412 g/mol. The highest BCUT2D eigenvalue weighted by atomic mass is 127. The minimum Gasteiger partial charge on any atom is -0.371 e. The van der Waals surface area contributed by atoms with Crippen molar-refractivity contribution in [2.24, 2.45) is 10.9 Å². The Kier molecular flexibility index (Phi) is 8.75. The molecule has 1 saturated heterocycles. The molecular formula is C17H25IN4. The third-order valence-corrected chi connectivity index (χ3v) is 3.62. The largest absolute Gasteiger partial charge is 0.371 e. The van der Waals surface area contributed by atoms with E-state index in [0.717, 1.165) is 32.1 Å². The fourth-order valence-corrected chi connectivity index (χ4v) is 2.55. The van der Waals surface area contributed by atoms with Gasteiger partial charge in [-0.05, 0) is 31.4 Å². The first-order valence-electron chi connectivity index (χ1n) is 7.59. The van der Waals surface area contributed by atoms with Gasteiger partial charge in [-0.2, -0.15) is 0 Å². The van der Waals surface area contributed by atoms with E-state index >= 15 is 0 Å². The van der Waals surface area contributed by atoms with Crippen LogP contribution >= 0.6 is 24.0 Å². The summed E-state index contributed by atoms with van der Waals surface area (Å²) in [6, 6.07) is 10.6. The maximum absolute atomic E-state index is 5.27. The Hall–Kier alpha value is -1.42. The number of nitrogens with one attached hydrogen (secondary N) is 2. The lowest BCUT2D eigenvalue weighted by Crippen LogP contribution is -2.37. The second kappa shape index (κ2) is 10.3. The van der Waals surface area contributed by atoms with Crippen LogP contribution in [-0.2, 0) is 0 Å². The third-order valence-electron chi connectivity index (χ3n) is 3.62. The number of para-hydroxylation sites is 1. The Balaban J connectivity index is 0.00000242. The van der Waals surface area contributed by atoms with Crippen molar-refractivity contribution >= 4 is 35.6 Å². The van der Waals surface area contributed by atoms with Crippen molar-refractivity contribution in [3.63, 3.8) is 0 Å². The van der Waals surface area contributed by atoms with E-state index < -0.39 is 0 Å². The third kappa shape index (κ3) is 5.76. The zero-order valence-corrected chi connectivity index (χ0v) is 15.4. The highest BCUT2D eigenvalue weighted by Gasteiger charge is 2.22. The molecule has 0 amide bonds. The van der Waals surface area contributed by atoms with Gasteiger partial charge < -0.3 is 15.5 Å². The van der Waals surface area contributed by atoms with Crippen molar-refractivity contribution in [3.05, 3.63) is 30.3 Å². The Labute approximate surface area is 150 Å². The van der Waals surface area contributed by atoms with Gasteiger partial charge in [0.05, 0.1) is 6.54 Å². The van der Waals surface area contributed by atoms with Crippen molar-refractivity contribution < 1.29 is 0 Å². The second-order valence-corrected chi connectivity index (χ2v) is 5.21. The summed E-state index contributed by atoms with van der Waals surface area (Å²) in [5.74, 6) is 3.99. The quantitative estimate of drug-likeness (QED) is 0.338. The Morgan fingerprint density at radius 3 is 2.82 bits per heavy atom. The van der Waals surface area contributed by atoms with Gasteiger partial charge in [0.25, 0.3) is 0 Å². The second-order valence-electron chi connectivity index (χ2n) is 5.21. The predicted molar refractivity (Wildman–Crippen MR) is 105 cm³/mol. The van der Waals surface area contributed by atoms with Gasteiger partial charge in [-0.15, -0.1) is 30.4 Å². The van der Waals surface area contributed by atoms with Crippen LogP contribution in [0.15, 0.2) is 35.3 Å². The molecule has 0 bridgehead atoms. The summed E-state index contributed by atoms with van der Waals surface area (Å²) in [7, 11) is 0. The highest BCUT2D eigenvalue weighted by Crippen LogP contribution is 2.23. The maximum Gasteiger partial charge on any atom is 0.192 e. The van der Waals surface area contributed by atoms with Gasteiger partial charge >= 0.3 is 0 Å². The lowest BCUT2D eigenvalue weighted by Gasteiger charge is -2.18. The number of halogens is 1. The van der Waals surface area contributed by atoms with Gasteiger partial charge in [0, 0.05) is 31.9 Å². The first-order chi connectivity index (χ1) is 10.3. The van der Waals surface area contributed by atoms with Crippen LogP contribution in [0, 0.1) is 18.3 Å². The van der Waals surface area contributed by atoms with E-state index in [1.807, 2.05) is 0 Å². The zero-order chi connectivity index (χ0) is 14.9. The van der Waals surface area contributed by atoms with Crippen molar-refractivity contribution in [1.82, 2.24) is 10.6 Å². The monoisotopic (exact) mass is 412 g/mol. The van der Waals surface area contributed by atoms with Gasteiger partial charge in [-0.3, -0.25) is 4.99 Å². The Morgan fingerprint density at radius 1 is 1.36 bits per heavy atom. The van der Waals surface area contributed by atoms with Crippen molar-refractivity contribution in [2.75, 3.05) is 37.6 Å². The average Bonchev–Trinajstić information content (AvgIpc) is 3.00. The molecule has 0 aromatic heterocycles. The van der Waals surface area contributed by atoms with Crippen LogP contribution in [0.1, 0.15) is 13.3 Å². The van der Waals surface area contributed by atoms with E-state index in [2.05, 4.69) is 63.7 Å². The molecule has 2 N–H and O–H groups in total. The predicted octanol–water partition coefficient (Wildman–Crippen LogP) is 2.32. The summed E-state index contributed by atoms with van der Waals surface area (Å²) >= 11 is 0. The molecule has 5 heteroatoms. The molecule has 1 heterocycles. The minimum absolute atomic E-state index is 0. The van der Waals surface area contributed by atoms with Crippen molar-refractivity contribution in [1.29, 1.82) is 0 Å². The fourth-order valence-electron chi connectivity index (χ4n) is 2.55. The summed E-state index contributed by atoms with van der Waals surface area (Å²) < 4.78 is 0. The van der Waals surface area contributed by atoms with Gasteiger partial charge in [0.15, 0.2) is 5.96 Å². The number of terminal acetylenes is 1. The van der Waals surface area contributed by atoms with Gasteiger partial charge in [0.1, 0.15) is 0 Å². The molecule has 22 heavy (non-hydrogen) atoms. The molecule has 1 aromatic rings. The van der Waals surface area contributed by atoms with Gasteiger partial charge in [-0.25, -0.2) is 0 Å². The number of hydrogen-bond acceptors (Lipinski definition) is 2. The molecular weight excluding hydrogens is 387 g/mol. The summed E-state index contributed by atoms with van der Waals surface area (Å²) in [6.45, 7) is 6.42. The molecule has 0 aliphatic carbocycles. The van der Waals surface area contributed by atoms with Crippen LogP contribution in [0.5, 0.6) is 0 Å². The summed E-state index contributed by atoms with van der Waals surface area (Å²) in [5, 5.41) is 6.34. The van der Waals surface area contributed by atoms with Crippen LogP contribution < -0.4 is 15.5 Å². The molecule has 1 unspecified atom stereocenters. The lowest BCUT2D eigenvalue weighted by molar-refractivity contribution is 0.600. The number of aliphatic imine (C=N–C) groups is 1. The smallest absolute Gasteiger partial charge is 0.192 e. The normalized spacial score (nSPS) is 17.5. The topological polar surface area (TPSA) is 39.7 Å². The zero-order valence-electron chi connectivity index (χ0n) is 13.1. The summed E-state index contributed by atoms with van der Waals surface area (Å²) in [6.07, 6.45) is 6.46. The first-order valence-corrected chi connectivity index (χ1v) is 7.59. The first kappa shape index (κ1) is 18.6. The van der Waals surface area contributed by atoms with Crippen LogP contribution in [0.2, 0.25) is 0 Å². The van der Waals surface area contributed by atoms with Gasteiger partial charge in [-0.1, -0.05) is 24.1 Å². The molecule has 0 saturated carbocycles. The van der Waals surface area contributed by atoms with E-state index in [1.54, 1.807) is 0 Å². The number of guanidine groups is 1. The number of hydrogen-bond donors (Lipinski definition) is 2. The van der Waals surface area contributed by atoms with E-state index in [9.17, 15) is 0 Å². The number of rotatable bonds is 5. The molecule has 1 aliphatic rings. The molecule has 1 aliphatic heterocycles. The van der Waals surface area contributed by atoms with E-state index in [1.165, 1.54) is 12.1 Å². The molecule has 0 radical (unpaired) electrons. The number of nitrogens with zero attached hydrogens (tertiary/aromatic N) is 2. The van der Waals surface area contributed by atoms with Crippen LogP contribution in [-0.4, -0.2) is 38.7 Å². The summed E-state index contributed by atoms with van der Waals surface area (Å²) in [5.41, 5.74) is 1.31. The van der Waals surface area contributed by atoms with Crippen LogP contribution in [0.3, 0.4) is 0 Å². The molecule has 1 atom stereocenters. The number of benzene rings is 1. The standard InChI is InChI=1S/C17H24N4.HI/c1-3-11-19-17(18-4-2)20-13-15-10-12-21(14-15)16-8-6-5-7-9-16;/h1,5-9,15H,4,10-14H2,2H3,(H2,18,19,20);1H. The SMILES string of the molecule is C#CCNC(=NCC1CCN(c2ccccc2)C1)NCC.I. The van der Waals surface area contributed by atoms with Gasteiger partial charge in [0.2, 0.25) is 0 Å². The van der Waals surface area contributed by atoms with Crippen LogP contribution in [0.25, 0.3) is 0 Å². The summed E-state index contributed by atoms with van der Waals surface area (Å²) in [4.78, 5) is 7.07. The Bertz CT molecular complexity index is 495. The number of anilines is 1. The molecule has 0 spiro atoms. The fraction of sp³-hybridized carbons (Fsp3) is 0.471. The molecule has 120 valence electrons. The van der Waals surface area contributed by atoms with E-state index in [4.69, 9.17) is 6.42 Å². The minimum atomic E-state index is 0. The van der Waals surface area contributed by atoms with E-state index in [0.29, 0.717) is 12.5 Å². The molecule has 1 fully saturated rings. The highest BCUT2D eigenvalue weighted by molar-refractivity contribution is 14.0. The Morgan fingerprint density at radius 2 is 2.14 bits per heavy atom.